The average Bonchev–Trinajstić information content (AvgIpc) is 2.38. The van der Waals surface area contributed by atoms with Crippen LogP contribution in [0, 0.1) is 5.92 Å². The van der Waals surface area contributed by atoms with Crippen LogP contribution in [0.5, 0.6) is 0 Å². The van der Waals surface area contributed by atoms with E-state index in [-0.39, 0.29) is 5.91 Å². The van der Waals surface area contributed by atoms with Gasteiger partial charge in [0, 0.05) is 39.4 Å². The van der Waals surface area contributed by atoms with Gasteiger partial charge >= 0.3 is 0 Å². The van der Waals surface area contributed by atoms with Gasteiger partial charge in [-0.25, -0.2) is 4.98 Å². The van der Waals surface area contributed by atoms with Crippen molar-refractivity contribution in [2.45, 2.75) is 20.4 Å². The fourth-order valence-corrected chi connectivity index (χ4v) is 1.83. The molecular weight excluding hydrogens is 252 g/mol. The predicted octanol–water partition coefficient (Wildman–Crippen LogP) is 1.35. The van der Waals surface area contributed by atoms with E-state index in [1.54, 1.807) is 25.2 Å². The van der Waals surface area contributed by atoms with Gasteiger partial charge in [0.2, 0.25) is 5.91 Å². The molecule has 0 atom stereocenters. The predicted molar refractivity (Wildman–Crippen MR) is 82.7 cm³/mol. The summed E-state index contributed by atoms with van der Waals surface area (Å²) >= 11 is 0. The molecule has 0 aliphatic carbocycles. The van der Waals surface area contributed by atoms with E-state index in [0.29, 0.717) is 12.5 Å². The largest absolute Gasteiger partial charge is 0.350 e. The van der Waals surface area contributed by atoms with Gasteiger partial charge in [-0.3, -0.25) is 4.79 Å². The number of hydrogen-bond acceptors (Lipinski definition) is 4. The lowest BCUT2D eigenvalue weighted by Gasteiger charge is -2.22. The second-order valence-electron chi connectivity index (χ2n) is 5.66. The van der Waals surface area contributed by atoms with Gasteiger partial charge in [-0.05, 0) is 18.5 Å². The van der Waals surface area contributed by atoms with Gasteiger partial charge in [0.25, 0.3) is 0 Å². The summed E-state index contributed by atoms with van der Waals surface area (Å²) in [5.74, 6) is 1.54. The summed E-state index contributed by atoms with van der Waals surface area (Å²) in [7, 11) is 5.43. The minimum Gasteiger partial charge on any atom is -0.350 e. The van der Waals surface area contributed by atoms with Crippen molar-refractivity contribution in [1.29, 1.82) is 0 Å². The number of hydrogen-bond donors (Lipinski definition) is 1. The summed E-state index contributed by atoms with van der Waals surface area (Å²) in [6, 6.07) is 3.98. The first-order valence-corrected chi connectivity index (χ1v) is 6.97. The third-order valence-electron chi connectivity index (χ3n) is 2.97. The van der Waals surface area contributed by atoms with E-state index in [1.165, 1.54) is 0 Å². The number of likely N-dealkylation sites (N-methyl/N-ethyl adjacent to an activating group) is 2. The van der Waals surface area contributed by atoms with Crippen molar-refractivity contribution in [3.05, 3.63) is 23.9 Å². The highest BCUT2D eigenvalue weighted by atomic mass is 16.2. The molecule has 0 aromatic carbocycles. The van der Waals surface area contributed by atoms with E-state index >= 15 is 0 Å². The number of carbonyl (C=O) groups excluding carboxylic acids is 1. The molecule has 0 aliphatic rings. The Labute approximate surface area is 122 Å². The van der Waals surface area contributed by atoms with Crippen molar-refractivity contribution >= 4 is 11.7 Å². The molecule has 1 amide bonds. The Bertz CT molecular complexity index is 432. The van der Waals surface area contributed by atoms with Crippen LogP contribution in [0.4, 0.5) is 5.82 Å². The molecule has 1 rings (SSSR count). The van der Waals surface area contributed by atoms with Crippen LogP contribution in [0.15, 0.2) is 18.3 Å². The SMILES string of the molecule is CC(C)CNCc1cccnc1N(C)CC(=O)N(C)C. The second-order valence-corrected chi connectivity index (χ2v) is 5.66. The second kappa shape index (κ2) is 7.85. The number of rotatable bonds is 7. The van der Waals surface area contributed by atoms with Crippen molar-refractivity contribution in [2.24, 2.45) is 5.92 Å². The van der Waals surface area contributed by atoms with Crippen LogP contribution in [0.2, 0.25) is 0 Å². The fourth-order valence-electron chi connectivity index (χ4n) is 1.83. The zero-order chi connectivity index (χ0) is 15.1. The summed E-state index contributed by atoms with van der Waals surface area (Å²) in [5, 5.41) is 3.41. The smallest absolute Gasteiger partial charge is 0.241 e. The van der Waals surface area contributed by atoms with Crippen LogP contribution >= 0.6 is 0 Å². The Morgan fingerprint density at radius 1 is 1.35 bits per heavy atom. The number of anilines is 1. The van der Waals surface area contributed by atoms with Crippen LogP contribution in [0.25, 0.3) is 0 Å². The van der Waals surface area contributed by atoms with Crippen LogP contribution < -0.4 is 10.2 Å². The molecule has 1 aromatic rings. The Morgan fingerprint density at radius 2 is 2.05 bits per heavy atom. The molecule has 1 heterocycles. The molecular formula is C15H26N4O. The molecule has 0 aliphatic heterocycles. The molecule has 0 fully saturated rings. The van der Waals surface area contributed by atoms with Crippen molar-refractivity contribution < 1.29 is 4.79 Å². The number of aromatic nitrogens is 1. The van der Waals surface area contributed by atoms with E-state index in [9.17, 15) is 4.79 Å². The lowest BCUT2D eigenvalue weighted by atomic mass is 10.2. The van der Waals surface area contributed by atoms with Crippen molar-refractivity contribution in [3.63, 3.8) is 0 Å². The molecule has 5 nitrogen and oxygen atoms in total. The molecule has 0 bridgehead atoms. The van der Waals surface area contributed by atoms with Crippen molar-refractivity contribution in [1.82, 2.24) is 15.2 Å². The van der Waals surface area contributed by atoms with Gasteiger partial charge in [0.05, 0.1) is 6.54 Å². The summed E-state index contributed by atoms with van der Waals surface area (Å²) in [6.07, 6.45) is 1.76. The maximum Gasteiger partial charge on any atom is 0.241 e. The first-order valence-electron chi connectivity index (χ1n) is 6.97. The molecule has 0 saturated carbocycles. The zero-order valence-corrected chi connectivity index (χ0v) is 13.2. The third kappa shape index (κ3) is 5.17. The molecule has 1 N–H and O–H groups in total. The normalized spacial score (nSPS) is 10.7. The molecule has 20 heavy (non-hydrogen) atoms. The molecule has 0 radical (unpaired) electrons. The number of pyridine rings is 1. The quantitative estimate of drug-likeness (QED) is 0.818. The summed E-state index contributed by atoms with van der Waals surface area (Å²) in [6.45, 7) is 6.43. The van der Waals surface area contributed by atoms with Gasteiger partial charge in [-0.15, -0.1) is 0 Å². The van der Waals surface area contributed by atoms with Crippen LogP contribution in [0.3, 0.4) is 0 Å². The van der Waals surface area contributed by atoms with E-state index in [2.05, 4.69) is 24.1 Å². The molecule has 5 heteroatoms. The summed E-state index contributed by atoms with van der Waals surface area (Å²) < 4.78 is 0. The summed E-state index contributed by atoms with van der Waals surface area (Å²) in [4.78, 5) is 19.7. The average molecular weight is 278 g/mol. The Kier molecular flexibility index (Phi) is 6.45. The molecule has 0 spiro atoms. The fraction of sp³-hybridized carbons (Fsp3) is 0.600. The third-order valence-corrected chi connectivity index (χ3v) is 2.97. The standard InChI is InChI=1S/C15H26N4O/c1-12(2)9-16-10-13-7-6-8-17-15(13)19(5)11-14(20)18(3)4/h6-8,12,16H,9-11H2,1-5H3. The van der Waals surface area contributed by atoms with E-state index in [0.717, 1.165) is 24.5 Å². The molecule has 1 aromatic heterocycles. The zero-order valence-electron chi connectivity index (χ0n) is 13.2. The van der Waals surface area contributed by atoms with Gasteiger partial charge in [0.15, 0.2) is 0 Å². The highest BCUT2D eigenvalue weighted by Crippen LogP contribution is 2.15. The van der Waals surface area contributed by atoms with Crippen molar-refractivity contribution in [2.75, 3.05) is 39.1 Å². The minimum atomic E-state index is 0.0687. The van der Waals surface area contributed by atoms with Crippen LogP contribution in [-0.4, -0.2) is 50.0 Å². The number of amides is 1. The maximum atomic E-state index is 11.8. The van der Waals surface area contributed by atoms with Gasteiger partial charge in [0.1, 0.15) is 5.82 Å². The number of nitrogens with one attached hydrogen (secondary N) is 1. The number of nitrogens with zero attached hydrogens (tertiary/aromatic N) is 3. The Hall–Kier alpha value is -1.62. The van der Waals surface area contributed by atoms with E-state index in [1.807, 2.05) is 24.1 Å². The van der Waals surface area contributed by atoms with E-state index < -0.39 is 0 Å². The molecule has 0 unspecified atom stereocenters. The monoisotopic (exact) mass is 278 g/mol. The molecule has 112 valence electrons. The van der Waals surface area contributed by atoms with Crippen LogP contribution in [-0.2, 0) is 11.3 Å². The highest BCUT2D eigenvalue weighted by molar-refractivity contribution is 5.80. The lowest BCUT2D eigenvalue weighted by molar-refractivity contribution is -0.127. The van der Waals surface area contributed by atoms with Gasteiger partial charge < -0.3 is 15.1 Å². The molecule has 0 saturated heterocycles. The lowest BCUT2D eigenvalue weighted by Crippen LogP contribution is -2.35. The van der Waals surface area contributed by atoms with Crippen molar-refractivity contribution in [3.8, 4) is 0 Å². The minimum absolute atomic E-state index is 0.0687. The Morgan fingerprint density at radius 3 is 2.65 bits per heavy atom. The first kappa shape index (κ1) is 16.4. The van der Waals surface area contributed by atoms with E-state index in [4.69, 9.17) is 0 Å². The number of carbonyl (C=O) groups is 1. The topological polar surface area (TPSA) is 48.5 Å². The Balaban J connectivity index is 2.71. The van der Waals surface area contributed by atoms with Gasteiger partial charge in [-0.1, -0.05) is 19.9 Å². The first-order chi connectivity index (χ1) is 9.41. The van der Waals surface area contributed by atoms with Gasteiger partial charge in [-0.2, -0.15) is 0 Å². The highest BCUT2D eigenvalue weighted by Gasteiger charge is 2.13. The summed E-state index contributed by atoms with van der Waals surface area (Å²) in [5.41, 5.74) is 1.11. The van der Waals surface area contributed by atoms with Crippen LogP contribution in [0.1, 0.15) is 19.4 Å². The maximum absolute atomic E-state index is 11.8.